The highest BCUT2D eigenvalue weighted by atomic mass is 16.1. The standard InChI is InChI=1S/C13H19N3O/c1-10-7-15-6-4-11(10)9-16-13(17)12-3-2-5-14-8-12/h4,6-7,12,14H,2-3,5,8-9H2,1H3,(H,16,17)/t12-/m1/s1. The SMILES string of the molecule is Cc1cnccc1CNC(=O)[C@@H]1CCCNC1. The molecule has 1 atom stereocenters. The molecule has 0 unspecified atom stereocenters. The van der Waals surface area contributed by atoms with E-state index < -0.39 is 0 Å². The average molecular weight is 233 g/mol. The second-order valence-electron chi connectivity index (χ2n) is 4.56. The Bertz CT molecular complexity index is 386. The molecule has 1 fully saturated rings. The topological polar surface area (TPSA) is 54.0 Å². The van der Waals surface area contributed by atoms with E-state index >= 15 is 0 Å². The number of pyridine rings is 1. The van der Waals surface area contributed by atoms with E-state index in [0.717, 1.165) is 37.1 Å². The maximum absolute atomic E-state index is 11.9. The molecule has 1 aliphatic heterocycles. The molecule has 1 aromatic heterocycles. The van der Waals surface area contributed by atoms with E-state index in [1.807, 2.05) is 19.2 Å². The third-order valence-electron chi connectivity index (χ3n) is 3.26. The Morgan fingerprint density at radius 2 is 2.53 bits per heavy atom. The molecule has 0 saturated carbocycles. The van der Waals surface area contributed by atoms with Gasteiger partial charge in [-0.3, -0.25) is 9.78 Å². The predicted molar refractivity (Wildman–Crippen MR) is 66.4 cm³/mol. The van der Waals surface area contributed by atoms with Crippen molar-refractivity contribution >= 4 is 5.91 Å². The molecule has 1 aliphatic rings. The second-order valence-corrected chi connectivity index (χ2v) is 4.56. The van der Waals surface area contributed by atoms with Gasteiger partial charge in [-0.1, -0.05) is 0 Å². The van der Waals surface area contributed by atoms with Crippen LogP contribution in [0.2, 0.25) is 0 Å². The fourth-order valence-electron chi connectivity index (χ4n) is 2.10. The molecule has 2 rings (SSSR count). The van der Waals surface area contributed by atoms with Gasteiger partial charge in [-0.25, -0.2) is 0 Å². The number of amides is 1. The normalized spacial score (nSPS) is 19.9. The molecule has 1 aromatic rings. The van der Waals surface area contributed by atoms with Gasteiger partial charge in [0, 0.05) is 25.5 Å². The maximum Gasteiger partial charge on any atom is 0.224 e. The monoisotopic (exact) mass is 233 g/mol. The number of carbonyl (C=O) groups excluding carboxylic acids is 1. The smallest absolute Gasteiger partial charge is 0.224 e. The lowest BCUT2D eigenvalue weighted by Gasteiger charge is -2.22. The van der Waals surface area contributed by atoms with Crippen molar-refractivity contribution in [2.75, 3.05) is 13.1 Å². The number of aromatic nitrogens is 1. The molecule has 0 bridgehead atoms. The van der Waals surface area contributed by atoms with E-state index in [1.54, 1.807) is 6.20 Å². The molecule has 0 radical (unpaired) electrons. The average Bonchev–Trinajstić information content (AvgIpc) is 2.38. The molecule has 1 amide bonds. The van der Waals surface area contributed by atoms with Gasteiger partial charge in [0.25, 0.3) is 0 Å². The van der Waals surface area contributed by atoms with Crippen LogP contribution < -0.4 is 10.6 Å². The molecule has 4 nitrogen and oxygen atoms in total. The van der Waals surface area contributed by atoms with Gasteiger partial charge < -0.3 is 10.6 Å². The van der Waals surface area contributed by atoms with Crippen LogP contribution in [-0.2, 0) is 11.3 Å². The summed E-state index contributed by atoms with van der Waals surface area (Å²) in [6, 6.07) is 1.95. The van der Waals surface area contributed by atoms with Crippen LogP contribution in [0.1, 0.15) is 24.0 Å². The van der Waals surface area contributed by atoms with Crippen LogP contribution in [0.15, 0.2) is 18.5 Å². The third-order valence-corrected chi connectivity index (χ3v) is 3.26. The van der Waals surface area contributed by atoms with Crippen LogP contribution >= 0.6 is 0 Å². The first-order chi connectivity index (χ1) is 8.27. The summed E-state index contributed by atoms with van der Waals surface area (Å²) in [5.74, 6) is 0.291. The molecule has 2 heterocycles. The Hall–Kier alpha value is -1.42. The minimum atomic E-state index is 0.130. The Morgan fingerprint density at radius 3 is 3.24 bits per heavy atom. The summed E-state index contributed by atoms with van der Waals surface area (Å²) >= 11 is 0. The lowest BCUT2D eigenvalue weighted by Crippen LogP contribution is -2.40. The van der Waals surface area contributed by atoms with Gasteiger partial charge in [-0.05, 0) is 43.5 Å². The van der Waals surface area contributed by atoms with Crippen LogP contribution in [0, 0.1) is 12.8 Å². The number of nitrogens with one attached hydrogen (secondary N) is 2. The number of hydrogen-bond donors (Lipinski definition) is 2. The minimum Gasteiger partial charge on any atom is -0.352 e. The Balaban J connectivity index is 1.85. The molecular formula is C13H19N3O. The van der Waals surface area contributed by atoms with Crippen LogP contribution in [-0.4, -0.2) is 24.0 Å². The number of aryl methyl sites for hydroxylation is 1. The van der Waals surface area contributed by atoms with Crippen LogP contribution in [0.25, 0.3) is 0 Å². The van der Waals surface area contributed by atoms with Gasteiger partial charge in [0.05, 0.1) is 5.92 Å². The molecule has 0 aromatic carbocycles. The zero-order chi connectivity index (χ0) is 12.1. The van der Waals surface area contributed by atoms with Gasteiger partial charge in [0.15, 0.2) is 0 Å². The first kappa shape index (κ1) is 12.0. The Kier molecular flexibility index (Phi) is 4.09. The van der Waals surface area contributed by atoms with E-state index in [0.29, 0.717) is 6.54 Å². The zero-order valence-electron chi connectivity index (χ0n) is 10.2. The molecule has 17 heavy (non-hydrogen) atoms. The van der Waals surface area contributed by atoms with Gasteiger partial charge in [-0.15, -0.1) is 0 Å². The zero-order valence-corrected chi connectivity index (χ0v) is 10.2. The quantitative estimate of drug-likeness (QED) is 0.819. The fraction of sp³-hybridized carbons (Fsp3) is 0.538. The third kappa shape index (κ3) is 3.27. The number of hydrogen-bond acceptors (Lipinski definition) is 3. The fourth-order valence-corrected chi connectivity index (χ4v) is 2.10. The maximum atomic E-state index is 11.9. The van der Waals surface area contributed by atoms with E-state index in [4.69, 9.17) is 0 Å². The Labute approximate surface area is 102 Å². The van der Waals surface area contributed by atoms with Crippen molar-refractivity contribution in [2.45, 2.75) is 26.3 Å². The summed E-state index contributed by atoms with van der Waals surface area (Å²) in [6.07, 6.45) is 5.67. The van der Waals surface area contributed by atoms with Gasteiger partial charge in [0.2, 0.25) is 5.91 Å². The summed E-state index contributed by atoms with van der Waals surface area (Å²) in [7, 11) is 0. The van der Waals surface area contributed by atoms with Crippen molar-refractivity contribution in [1.29, 1.82) is 0 Å². The molecule has 1 saturated heterocycles. The van der Waals surface area contributed by atoms with Crippen molar-refractivity contribution in [1.82, 2.24) is 15.6 Å². The van der Waals surface area contributed by atoms with E-state index in [-0.39, 0.29) is 11.8 Å². The summed E-state index contributed by atoms with van der Waals surface area (Å²) < 4.78 is 0. The number of carbonyl (C=O) groups is 1. The van der Waals surface area contributed by atoms with Crippen LogP contribution in [0.3, 0.4) is 0 Å². The highest BCUT2D eigenvalue weighted by Crippen LogP contribution is 2.10. The van der Waals surface area contributed by atoms with Crippen molar-refractivity contribution in [2.24, 2.45) is 5.92 Å². The van der Waals surface area contributed by atoms with E-state index in [1.165, 1.54) is 0 Å². The van der Waals surface area contributed by atoms with Crippen molar-refractivity contribution in [3.05, 3.63) is 29.6 Å². The van der Waals surface area contributed by atoms with Crippen molar-refractivity contribution in [3.8, 4) is 0 Å². The van der Waals surface area contributed by atoms with Gasteiger partial charge in [0.1, 0.15) is 0 Å². The van der Waals surface area contributed by atoms with Crippen LogP contribution in [0.5, 0.6) is 0 Å². The molecule has 0 aliphatic carbocycles. The summed E-state index contributed by atoms with van der Waals surface area (Å²) in [6.45, 7) is 4.45. The van der Waals surface area contributed by atoms with Crippen molar-refractivity contribution < 1.29 is 4.79 Å². The first-order valence-electron chi connectivity index (χ1n) is 6.15. The van der Waals surface area contributed by atoms with Gasteiger partial charge in [-0.2, -0.15) is 0 Å². The molecule has 2 N–H and O–H groups in total. The van der Waals surface area contributed by atoms with E-state index in [9.17, 15) is 4.79 Å². The summed E-state index contributed by atoms with van der Waals surface area (Å²) in [5, 5.41) is 6.26. The summed E-state index contributed by atoms with van der Waals surface area (Å²) in [5.41, 5.74) is 2.26. The molecule has 0 spiro atoms. The molecule has 92 valence electrons. The lowest BCUT2D eigenvalue weighted by molar-refractivity contribution is -0.125. The highest BCUT2D eigenvalue weighted by Gasteiger charge is 2.20. The molecule has 4 heteroatoms. The largest absolute Gasteiger partial charge is 0.352 e. The van der Waals surface area contributed by atoms with E-state index in [2.05, 4.69) is 15.6 Å². The van der Waals surface area contributed by atoms with Crippen molar-refractivity contribution in [3.63, 3.8) is 0 Å². The predicted octanol–water partition coefficient (Wildman–Crippen LogP) is 1.01. The molecular weight excluding hydrogens is 214 g/mol. The number of piperidine rings is 1. The highest BCUT2D eigenvalue weighted by molar-refractivity contribution is 5.79. The second kappa shape index (κ2) is 5.77. The first-order valence-corrected chi connectivity index (χ1v) is 6.15. The number of nitrogens with zero attached hydrogens (tertiary/aromatic N) is 1. The summed E-state index contributed by atoms with van der Waals surface area (Å²) in [4.78, 5) is 16.0. The Morgan fingerprint density at radius 1 is 1.65 bits per heavy atom. The van der Waals surface area contributed by atoms with Crippen LogP contribution in [0.4, 0.5) is 0 Å². The minimum absolute atomic E-state index is 0.130. The lowest BCUT2D eigenvalue weighted by atomic mass is 9.99. The number of rotatable bonds is 3. The van der Waals surface area contributed by atoms with Gasteiger partial charge >= 0.3 is 0 Å².